The van der Waals surface area contributed by atoms with Crippen LogP contribution in [0, 0.1) is 5.92 Å². The van der Waals surface area contributed by atoms with Crippen molar-refractivity contribution in [2.75, 3.05) is 13.2 Å². The van der Waals surface area contributed by atoms with Gasteiger partial charge >= 0.3 is 0 Å². The van der Waals surface area contributed by atoms with Gasteiger partial charge in [0.1, 0.15) is 0 Å². The number of benzene rings is 1. The highest BCUT2D eigenvalue weighted by Crippen LogP contribution is 2.23. The van der Waals surface area contributed by atoms with Crippen molar-refractivity contribution < 1.29 is 4.74 Å². The van der Waals surface area contributed by atoms with Crippen molar-refractivity contribution in [2.45, 2.75) is 32.4 Å². The van der Waals surface area contributed by atoms with Crippen LogP contribution >= 0.6 is 0 Å². The van der Waals surface area contributed by atoms with Crippen LogP contribution in [0.1, 0.15) is 25.3 Å². The Morgan fingerprint density at radius 1 is 1.30 bits per heavy atom. The minimum absolute atomic E-state index is 0.438. The molecule has 2 atom stereocenters. The minimum Gasteiger partial charge on any atom is -0.378 e. The molecule has 2 aromatic rings. The van der Waals surface area contributed by atoms with E-state index in [0.29, 0.717) is 12.0 Å². The Morgan fingerprint density at radius 3 is 3.10 bits per heavy atom. The lowest BCUT2D eigenvalue weighted by atomic mass is 9.99. The van der Waals surface area contributed by atoms with Gasteiger partial charge in [-0.2, -0.15) is 0 Å². The van der Waals surface area contributed by atoms with E-state index < -0.39 is 0 Å². The fourth-order valence-corrected chi connectivity index (χ4v) is 3.09. The number of hydrogen-bond acceptors (Lipinski definition) is 3. The van der Waals surface area contributed by atoms with Gasteiger partial charge in [-0.1, -0.05) is 31.2 Å². The van der Waals surface area contributed by atoms with E-state index in [0.717, 1.165) is 26.1 Å². The second kappa shape index (κ2) is 6.33. The first-order chi connectivity index (χ1) is 9.88. The first-order valence-corrected chi connectivity index (χ1v) is 7.52. The van der Waals surface area contributed by atoms with Gasteiger partial charge in [0, 0.05) is 37.5 Å². The average Bonchev–Trinajstić information content (AvgIpc) is 2.95. The van der Waals surface area contributed by atoms with Crippen molar-refractivity contribution in [1.29, 1.82) is 0 Å². The van der Waals surface area contributed by atoms with Gasteiger partial charge in [-0.05, 0) is 29.7 Å². The molecule has 1 aliphatic heterocycles. The predicted molar refractivity (Wildman–Crippen MR) is 81.6 cm³/mol. The van der Waals surface area contributed by atoms with Crippen LogP contribution in [0.5, 0.6) is 0 Å². The number of nitrogens with one attached hydrogen (secondary N) is 1. The van der Waals surface area contributed by atoms with Crippen molar-refractivity contribution in [2.24, 2.45) is 5.92 Å². The van der Waals surface area contributed by atoms with Gasteiger partial charge in [0.15, 0.2) is 0 Å². The summed E-state index contributed by atoms with van der Waals surface area (Å²) in [5.41, 5.74) is 1.27. The molecule has 0 spiro atoms. The highest BCUT2D eigenvalue weighted by atomic mass is 16.5. The highest BCUT2D eigenvalue weighted by Gasteiger charge is 2.25. The summed E-state index contributed by atoms with van der Waals surface area (Å²) in [4.78, 5) is 4.33. The average molecular weight is 270 g/mol. The summed E-state index contributed by atoms with van der Waals surface area (Å²) in [6, 6.07) is 8.43. The summed E-state index contributed by atoms with van der Waals surface area (Å²) in [6.07, 6.45) is 6.63. The van der Waals surface area contributed by atoms with Gasteiger partial charge in [0.05, 0.1) is 6.10 Å². The maximum absolute atomic E-state index is 5.74. The zero-order valence-corrected chi connectivity index (χ0v) is 12.0. The molecule has 3 rings (SSSR count). The van der Waals surface area contributed by atoms with Crippen LogP contribution in [0.3, 0.4) is 0 Å². The molecule has 0 radical (unpaired) electrons. The summed E-state index contributed by atoms with van der Waals surface area (Å²) in [5, 5.41) is 6.09. The number of pyridine rings is 1. The Balaban J connectivity index is 1.63. The van der Waals surface area contributed by atoms with E-state index in [2.05, 4.69) is 41.5 Å². The molecule has 0 bridgehead atoms. The molecular formula is C17H22N2O. The summed E-state index contributed by atoms with van der Waals surface area (Å²) >= 11 is 0. The van der Waals surface area contributed by atoms with E-state index in [1.807, 2.05) is 12.4 Å². The van der Waals surface area contributed by atoms with E-state index in [1.165, 1.54) is 22.8 Å². The van der Waals surface area contributed by atoms with Crippen LogP contribution in [-0.2, 0) is 11.3 Å². The number of fused-ring (bicyclic) bond motifs is 1. The van der Waals surface area contributed by atoms with E-state index in [1.54, 1.807) is 0 Å². The molecule has 1 N–H and O–H groups in total. The molecule has 2 heterocycles. The zero-order valence-electron chi connectivity index (χ0n) is 12.0. The molecule has 1 aromatic carbocycles. The van der Waals surface area contributed by atoms with Crippen LogP contribution in [-0.4, -0.2) is 24.2 Å². The third-order valence-electron chi connectivity index (χ3n) is 4.22. The van der Waals surface area contributed by atoms with Crippen molar-refractivity contribution in [3.8, 4) is 0 Å². The molecule has 1 saturated heterocycles. The third-order valence-corrected chi connectivity index (χ3v) is 4.22. The molecule has 20 heavy (non-hydrogen) atoms. The first kappa shape index (κ1) is 13.5. The number of aromatic nitrogens is 1. The topological polar surface area (TPSA) is 34.1 Å². The van der Waals surface area contributed by atoms with Gasteiger partial charge in [-0.25, -0.2) is 0 Å². The molecule has 3 nitrogen and oxygen atoms in total. The smallest absolute Gasteiger partial charge is 0.0613 e. The van der Waals surface area contributed by atoms with Gasteiger partial charge in [0.2, 0.25) is 0 Å². The van der Waals surface area contributed by atoms with Crippen molar-refractivity contribution in [1.82, 2.24) is 10.3 Å². The van der Waals surface area contributed by atoms with Crippen LogP contribution in [0.2, 0.25) is 0 Å². The van der Waals surface area contributed by atoms with E-state index >= 15 is 0 Å². The van der Waals surface area contributed by atoms with Gasteiger partial charge in [0.25, 0.3) is 0 Å². The lowest BCUT2D eigenvalue weighted by Crippen LogP contribution is -2.28. The number of hydrogen-bond donors (Lipinski definition) is 1. The maximum Gasteiger partial charge on any atom is 0.0613 e. The minimum atomic E-state index is 0.438. The van der Waals surface area contributed by atoms with Crippen molar-refractivity contribution in [3.63, 3.8) is 0 Å². The van der Waals surface area contributed by atoms with Gasteiger partial charge in [-0.15, -0.1) is 0 Å². The lowest BCUT2D eigenvalue weighted by molar-refractivity contribution is 0.0872. The van der Waals surface area contributed by atoms with Crippen LogP contribution in [0.4, 0.5) is 0 Å². The third kappa shape index (κ3) is 2.84. The van der Waals surface area contributed by atoms with E-state index in [-0.39, 0.29) is 0 Å². The predicted octanol–water partition coefficient (Wildman–Crippen LogP) is 3.14. The molecule has 1 fully saturated rings. The molecule has 1 aliphatic rings. The Bertz CT molecular complexity index is 564. The van der Waals surface area contributed by atoms with Crippen LogP contribution in [0.15, 0.2) is 36.7 Å². The van der Waals surface area contributed by atoms with Crippen LogP contribution < -0.4 is 5.32 Å². The van der Waals surface area contributed by atoms with Crippen molar-refractivity contribution in [3.05, 3.63) is 42.2 Å². The Labute approximate surface area is 120 Å². The number of nitrogens with zero attached hydrogens (tertiary/aromatic N) is 1. The van der Waals surface area contributed by atoms with Crippen LogP contribution in [0.25, 0.3) is 10.8 Å². The zero-order chi connectivity index (χ0) is 13.8. The molecule has 1 aromatic heterocycles. The fraction of sp³-hybridized carbons (Fsp3) is 0.471. The fourth-order valence-electron chi connectivity index (χ4n) is 3.09. The molecule has 3 heteroatoms. The quantitative estimate of drug-likeness (QED) is 0.906. The largest absolute Gasteiger partial charge is 0.378 e. The van der Waals surface area contributed by atoms with Gasteiger partial charge < -0.3 is 10.1 Å². The first-order valence-electron chi connectivity index (χ1n) is 7.52. The van der Waals surface area contributed by atoms with E-state index in [9.17, 15) is 0 Å². The number of ether oxygens (including phenoxy) is 1. The summed E-state index contributed by atoms with van der Waals surface area (Å²) in [5.74, 6) is 0.655. The standard InChI is InChI=1S/C17H22N2O/c1-2-17-14(7-8-20-17)10-19-12-15-11-18-9-13-5-3-4-6-16(13)15/h3-6,9,11,14,17,19H,2,7-8,10,12H2,1H3. The second-order valence-corrected chi connectivity index (χ2v) is 5.52. The normalized spacial score (nSPS) is 22.4. The number of rotatable bonds is 5. The van der Waals surface area contributed by atoms with E-state index in [4.69, 9.17) is 4.74 Å². The molecule has 2 unspecified atom stereocenters. The maximum atomic E-state index is 5.74. The summed E-state index contributed by atoms with van der Waals surface area (Å²) in [7, 11) is 0. The Hall–Kier alpha value is -1.45. The highest BCUT2D eigenvalue weighted by molar-refractivity contribution is 5.84. The molecular weight excluding hydrogens is 248 g/mol. The Kier molecular flexibility index (Phi) is 4.28. The molecule has 106 valence electrons. The lowest BCUT2D eigenvalue weighted by Gasteiger charge is -2.17. The molecule has 0 aliphatic carbocycles. The molecule has 0 amide bonds. The second-order valence-electron chi connectivity index (χ2n) is 5.52. The Morgan fingerprint density at radius 2 is 2.20 bits per heavy atom. The summed E-state index contributed by atoms with van der Waals surface area (Å²) < 4.78 is 5.74. The summed E-state index contributed by atoms with van der Waals surface area (Å²) in [6.45, 7) is 5.03. The van der Waals surface area contributed by atoms with Crippen molar-refractivity contribution >= 4 is 10.8 Å². The van der Waals surface area contributed by atoms with Gasteiger partial charge in [-0.3, -0.25) is 4.98 Å². The monoisotopic (exact) mass is 270 g/mol. The molecule has 0 saturated carbocycles. The SMILES string of the molecule is CCC1OCCC1CNCc1cncc2ccccc12.